The Balaban J connectivity index is 1.77. The lowest BCUT2D eigenvalue weighted by molar-refractivity contribution is -0.118. The number of hydrogen-bond acceptors (Lipinski definition) is 5. The Bertz CT molecular complexity index is 700. The topological polar surface area (TPSA) is 80.3 Å². The quantitative estimate of drug-likeness (QED) is 0.907. The highest BCUT2D eigenvalue weighted by molar-refractivity contribution is 7.10. The minimum absolute atomic E-state index is 0.0330. The van der Waals surface area contributed by atoms with E-state index in [0.29, 0.717) is 17.1 Å². The fourth-order valence-electron chi connectivity index (χ4n) is 2.21. The summed E-state index contributed by atoms with van der Waals surface area (Å²) in [6.07, 6.45) is 2.25. The number of hydrogen-bond donors (Lipinski definition) is 2. The largest absolute Gasteiger partial charge is 0.466 e. The van der Waals surface area contributed by atoms with Gasteiger partial charge in [-0.3, -0.25) is 9.59 Å². The van der Waals surface area contributed by atoms with Gasteiger partial charge in [0.1, 0.15) is 5.69 Å². The number of pyridine rings is 1. The van der Waals surface area contributed by atoms with Gasteiger partial charge in [-0.2, -0.15) is 0 Å². The maximum absolute atomic E-state index is 12.4. The number of ether oxygens (including phenoxy) is 1. The zero-order valence-electron chi connectivity index (χ0n) is 12.0. The number of nitrogens with one attached hydrogen (secondary N) is 2. The first kappa shape index (κ1) is 14.5. The molecule has 2 amide bonds. The molecule has 0 spiro atoms. The summed E-state index contributed by atoms with van der Waals surface area (Å²) in [5.41, 5.74) is 0.813. The Morgan fingerprint density at radius 1 is 1.59 bits per heavy atom. The predicted octanol–water partition coefficient (Wildman–Crippen LogP) is 2.36. The van der Waals surface area contributed by atoms with Crippen LogP contribution in [0, 0.1) is 0 Å². The summed E-state index contributed by atoms with van der Waals surface area (Å²) in [5.74, 6) is -0.145. The number of amides is 2. The minimum atomic E-state index is -0.253. The first-order valence-corrected chi connectivity index (χ1v) is 7.82. The van der Waals surface area contributed by atoms with Crippen LogP contribution >= 0.6 is 11.3 Å². The maximum atomic E-state index is 12.4. The van der Waals surface area contributed by atoms with E-state index in [-0.39, 0.29) is 24.5 Å². The predicted molar refractivity (Wildman–Crippen MR) is 83.2 cm³/mol. The van der Waals surface area contributed by atoms with E-state index in [9.17, 15) is 9.59 Å². The molecule has 3 heterocycles. The lowest BCUT2D eigenvalue weighted by Gasteiger charge is -2.18. The molecule has 1 aliphatic heterocycles. The Kier molecular flexibility index (Phi) is 4.06. The molecule has 1 atom stereocenters. The van der Waals surface area contributed by atoms with Crippen molar-refractivity contribution in [1.82, 2.24) is 10.3 Å². The van der Waals surface area contributed by atoms with Gasteiger partial charge in [-0.25, -0.2) is 4.98 Å². The third-order valence-electron chi connectivity index (χ3n) is 3.33. The second-order valence-electron chi connectivity index (χ2n) is 4.86. The van der Waals surface area contributed by atoms with Gasteiger partial charge in [0.15, 0.2) is 6.61 Å². The number of carbonyl (C=O) groups excluding carboxylic acids is 2. The normalized spacial score (nSPS) is 14.5. The van der Waals surface area contributed by atoms with E-state index in [0.717, 1.165) is 11.3 Å². The van der Waals surface area contributed by atoms with Crippen LogP contribution in [0.2, 0.25) is 0 Å². The van der Waals surface area contributed by atoms with E-state index in [1.807, 2.05) is 24.4 Å². The average Bonchev–Trinajstić information content (AvgIpc) is 3.05. The zero-order chi connectivity index (χ0) is 15.5. The van der Waals surface area contributed by atoms with Crippen LogP contribution in [0.4, 0.5) is 5.69 Å². The number of carbonyl (C=O) groups is 2. The Labute approximate surface area is 131 Å². The van der Waals surface area contributed by atoms with Gasteiger partial charge in [-0.1, -0.05) is 13.0 Å². The van der Waals surface area contributed by atoms with Gasteiger partial charge in [0, 0.05) is 11.1 Å². The molecule has 6 nitrogen and oxygen atoms in total. The van der Waals surface area contributed by atoms with Crippen LogP contribution in [0.5, 0.6) is 5.88 Å². The highest BCUT2D eigenvalue weighted by Gasteiger charge is 2.20. The van der Waals surface area contributed by atoms with Crippen molar-refractivity contribution in [2.75, 3.05) is 11.9 Å². The molecule has 7 heteroatoms. The molecule has 0 saturated carbocycles. The highest BCUT2D eigenvalue weighted by Crippen LogP contribution is 2.26. The van der Waals surface area contributed by atoms with Crippen molar-refractivity contribution in [3.63, 3.8) is 0 Å². The van der Waals surface area contributed by atoms with Crippen LogP contribution in [0.3, 0.4) is 0 Å². The number of thiophene rings is 1. The SMILES string of the molecule is CCC(NC(=O)c1cnc2c(c1)NC(=O)CO2)c1cccs1. The molecule has 2 N–H and O–H groups in total. The first-order valence-electron chi connectivity index (χ1n) is 6.94. The van der Waals surface area contributed by atoms with Crippen LogP contribution in [-0.4, -0.2) is 23.4 Å². The molecule has 114 valence electrons. The maximum Gasteiger partial charge on any atom is 0.262 e. The highest BCUT2D eigenvalue weighted by atomic mass is 32.1. The van der Waals surface area contributed by atoms with E-state index in [1.54, 1.807) is 17.4 Å². The molecule has 0 radical (unpaired) electrons. The lowest BCUT2D eigenvalue weighted by Crippen LogP contribution is -2.29. The molecule has 2 aromatic heterocycles. The smallest absolute Gasteiger partial charge is 0.262 e. The molecule has 0 fully saturated rings. The van der Waals surface area contributed by atoms with Gasteiger partial charge in [-0.05, 0) is 23.9 Å². The van der Waals surface area contributed by atoms with Crippen LogP contribution in [-0.2, 0) is 4.79 Å². The lowest BCUT2D eigenvalue weighted by atomic mass is 10.1. The number of anilines is 1. The third kappa shape index (κ3) is 2.94. The summed E-state index contributed by atoms with van der Waals surface area (Å²) < 4.78 is 5.18. The summed E-state index contributed by atoms with van der Waals surface area (Å²) in [6.45, 7) is 1.96. The summed E-state index contributed by atoms with van der Waals surface area (Å²) in [5, 5.41) is 7.61. The second-order valence-corrected chi connectivity index (χ2v) is 5.84. The molecule has 0 aliphatic carbocycles. The minimum Gasteiger partial charge on any atom is -0.466 e. The van der Waals surface area contributed by atoms with Crippen molar-refractivity contribution in [3.8, 4) is 5.88 Å². The Hall–Kier alpha value is -2.41. The number of aromatic nitrogens is 1. The van der Waals surface area contributed by atoms with Crippen molar-refractivity contribution < 1.29 is 14.3 Å². The van der Waals surface area contributed by atoms with E-state index in [2.05, 4.69) is 15.6 Å². The van der Waals surface area contributed by atoms with Gasteiger partial charge >= 0.3 is 0 Å². The van der Waals surface area contributed by atoms with Crippen molar-refractivity contribution in [2.24, 2.45) is 0 Å². The van der Waals surface area contributed by atoms with Crippen molar-refractivity contribution >= 4 is 28.8 Å². The van der Waals surface area contributed by atoms with Gasteiger partial charge in [0.05, 0.1) is 11.6 Å². The Morgan fingerprint density at radius 2 is 2.45 bits per heavy atom. The van der Waals surface area contributed by atoms with Gasteiger partial charge in [0.2, 0.25) is 5.88 Å². The molecule has 1 unspecified atom stereocenters. The zero-order valence-corrected chi connectivity index (χ0v) is 12.8. The van der Waals surface area contributed by atoms with Gasteiger partial charge in [-0.15, -0.1) is 11.3 Å². The van der Waals surface area contributed by atoms with Crippen molar-refractivity contribution in [1.29, 1.82) is 0 Å². The molecule has 2 aromatic rings. The molecule has 1 aliphatic rings. The summed E-state index contributed by atoms with van der Waals surface area (Å²) in [7, 11) is 0. The number of nitrogens with zero attached hydrogens (tertiary/aromatic N) is 1. The monoisotopic (exact) mass is 317 g/mol. The first-order chi connectivity index (χ1) is 10.7. The summed E-state index contributed by atoms with van der Waals surface area (Å²) >= 11 is 1.61. The van der Waals surface area contributed by atoms with Crippen molar-refractivity contribution in [2.45, 2.75) is 19.4 Å². The van der Waals surface area contributed by atoms with E-state index in [1.165, 1.54) is 6.20 Å². The molecule has 0 bridgehead atoms. The van der Waals surface area contributed by atoms with Gasteiger partial charge in [0.25, 0.3) is 11.8 Å². The molecule has 22 heavy (non-hydrogen) atoms. The second kappa shape index (κ2) is 6.15. The standard InChI is InChI=1S/C15H15N3O3S/c1-2-10(12-4-3-5-22-12)18-14(20)9-6-11-15(16-7-9)21-8-13(19)17-11/h3-7,10H,2,8H2,1H3,(H,17,19)(H,18,20). The summed E-state index contributed by atoms with van der Waals surface area (Å²) in [4.78, 5) is 28.9. The molecule has 3 rings (SSSR count). The van der Waals surface area contributed by atoms with Gasteiger partial charge < -0.3 is 15.4 Å². The Morgan fingerprint density at radius 3 is 3.18 bits per heavy atom. The molecular formula is C15H15N3O3S. The summed E-state index contributed by atoms with van der Waals surface area (Å²) in [6, 6.07) is 5.51. The number of rotatable bonds is 4. The van der Waals surface area contributed by atoms with Crippen LogP contribution < -0.4 is 15.4 Å². The van der Waals surface area contributed by atoms with Crippen LogP contribution in [0.15, 0.2) is 29.8 Å². The van der Waals surface area contributed by atoms with Crippen LogP contribution in [0.25, 0.3) is 0 Å². The number of fused-ring (bicyclic) bond motifs is 1. The van der Waals surface area contributed by atoms with E-state index < -0.39 is 0 Å². The van der Waals surface area contributed by atoms with E-state index in [4.69, 9.17) is 4.74 Å². The molecule has 0 saturated heterocycles. The third-order valence-corrected chi connectivity index (χ3v) is 4.31. The average molecular weight is 317 g/mol. The van der Waals surface area contributed by atoms with Crippen molar-refractivity contribution in [3.05, 3.63) is 40.2 Å². The fraction of sp³-hybridized carbons (Fsp3) is 0.267. The molecular weight excluding hydrogens is 302 g/mol. The fourth-order valence-corrected chi connectivity index (χ4v) is 3.07. The molecule has 0 aromatic carbocycles. The van der Waals surface area contributed by atoms with E-state index >= 15 is 0 Å². The van der Waals surface area contributed by atoms with Crippen LogP contribution in [0.1, 0.15) is 34.6 Å².